The molecule has 5 heteroatoms. The molecule has 2 atom stereocenters. The van der Waals surface area contributed by atoms with Crippen molar-refractivity contribution in [2.24, 2.45) is 5.92 Å². The third kappa shape index (κ3) is 6.18. The predicted octanol–water partition coefficient (Wildman–Crippen LogP) is 3.69. The molecule has 1 N–H and O–H groups in total. The Balaban J connectivity index is 1.16. The molecule has 2 aromatic rings. The van der Waals surface area contributed by atoms with Crippen molar-refractivity contribution in [3.63, 3.8) is 0 Å². The largest absolute Gasteiger partial charge is 0.490 e. The zero-order chi connectivity index (χ0) is 19.7. The first-order valence-electron chi connectivity index (χ1n) is 11.0. The second-order valence-electron chi connectivity index (χ2n) is 8.25. The lowest BCUT2D eigenvalue weighted by Gasteiger charge is -2.19. The van der Waals surface area contributed by atoms with Gasteiger partial charge in [0.2, 0.25) is 0 Å². The number of ether oxygens (including phenoxy) is 2. The minimum atomic E-state index is 0.480. The molecule has 2 aliphatic rings. The van der Waals surface area contributed by atoms with Gasteiger partial charge in [-0.15, -0.1) is 0 Å². The summed E-state index contributed by atoms with van der Waals surface area (Å²) in [5.74, 6) is 1.47. The summed E-state index contributed by atoms with van der Waals surface area (Å²) >= 11 is 0. The van der Waals surface area contributed by atoms with Crippen LogP contribution < -0.4 is 15.0 Å². The summed E-state index contributed by atoms with van der Waals surface area (Å²) in [5.41, 5.74) is 2.55. The molecule has 1 aromatic carbocycles. The molecule has 0 aliphatic carbocycles. The van der Waals surface area contributed by atoms with Crippen LogP contribution in [-0.2, 0) is 11.2 Å². The van der Waals surface area contributed by atoms with E-state index in [2.05, 4.69) is 51.6 Å². The van der Waals surface area contributed by atoms with E-state index in [4.69, 9.17) is 9.47 Å². The Hall–Kier alpha value is -2.11. The monoisotopic (exact) mass is 395 g/mol. The molecule has 1 aromatic heterocycles. The molecule has 156 valence electrons. The van der Waals surface area contributed by atoms with Crippen LogP contribution in [0.5, 0.6) is 5.75 Å². The molecule has 0 radical (unpaired) electrons. The van der Waals surface area contributed by atoms with Crippen molar-refractivity contribution in [1.82, 2.24) is 10.3 Å². The fourth-order valence-electron chi connectivity index (χ4n) is 4.23. The fourth-order valence-corrected chi connectivity index (χ4v) is 4.23. The molecule has 5 nitrogen and oxygen atoms in total. The molecule has 0 spiro atoms. The SMILES string of the molecule is c1ccc(CCCOC[C@@H]2CCN(c3cncc(OC[C@@H]4CCCN4)c3)C2)cc1. The van der Waals surface area contributed by atoms with Gasteiger partial charge in [-0.1, -0.05) is 30.3 Å². The van der Waals surface area contributed by atoms with Gasteiger partial charge in [0, 0.05) is 37.7 Å². The summed E-state index contributed by atoms with van der Waals surface area (Å²) < 4.78 is 11.9. The Labute approximate surface area is 174 Å². The van der Waals surface area contributed by atoms with Gasteiger partial charge in [-0.2, -0.15) is 0 Å². The van der Waals surface area contributed by atoms with Gasteiger partial charge >= 0.3 is 0 Å². The number of aryl methyl sites for hydroxylation is 1. The number of rotatable bonds is 10. The maximum absolute atomic E-state index is 5.97. The Kier molecular flexibility index (Phi) is 7.38. The van der Waals surface area contributed by atoms with Gasteiger partial charge in [0.25, 0.3) is 0 Å². The molecule has 0 amide bonds. The van der Waals surface area contributed by atoms with E-state index < -0.39 is 0 Å². The second-order valence-corrected chi connectivity index (χ2v) is 8.25. The molecular weight excluding hydrogens is 362 g/mol. The van der Waals surface area contributed by atoms with Gasteiger partial charge in [0.05, 0.1) is 24.7 Å². The summed E-state index contributed by atoms with van der Waals surface area (Å²) in [7, 11) is 0. The summed E-state index contributed by atoms with van der Waals surface area (Å²) in [6, 6.07) is 13.2. The Morgan fingerprint density at radius 1 is 1.10 bits per heavy atom. The number of benzene rings is 1. The van der Waals surface area contributed by atoms with Crippen LogP contribution in [0.15, 0.2) is 48.8 Å². The first-order valence-corrected chi connectivity index (χ1v) is 11.0. The van der Waals surface area contributed by atoms with Crippen LogP contribution in [0.2, 0.25) is 0 Å². The van der Waals surface area contributed by atoms with E-state index in [-0.39, 0.29) is 0 Å². The molecule has 2 aliphatic heterocycles. The maximum Gasteiger partial charge on any atom is 0.139 e. The first-order chi connectivity index (χ1) is 14.4. The molecule has 29 heavy (non-hydrogen) atoms. The van der Waals surface area contributed by atoms with E-state index >= 15 is 0 Å². The van der Waals surface area contributed by atoms with Crippen molar-refractivity contribution in [3.8, 4) is 5.75 Å². The average molecular weight is 396 g/mol. The third-order valence-electron chi connectivity index (χ3n) is 5.91. The quantitative estimate of drug-likeness (QED) is 0.622. The lowest BCUT2D eigenvalue weighted by atomic mass is 10.1. The highest BCUT2D eigenvalue weighted by Gasteiger charge is 2.23. The van der Waals surface area contributed by atoms with E-state index in [9.17, 15) is 0 Å². The number of aromatic nitrogens is 1. The fraction of sp³-hybridized carbons (Fsp3) is 0.542. The molecule has 2 fully saturated rings. The maximum atomic E-state index is 5.97. The van der Waals surface area contributed by atoms with Crippen molar-refractivity contribution in [2.45, 2.75) is 38.1 Å². The highest BCUT2D eigenvalue weighted by molar-refractivity contribution is 5.49. The van der Waals surface area contributed by atoms with E-state index in [0.717, 1.165) is 63.7 Å². The lowest BCUT2D eigenvalue weighted by Crippen LogP contribution is -2.28. The average Bonchev–Trinajstić information content (AvgIpc) is 3.45. The number of nitrogens with one attached hydrogen (secondary N) is 1. The molecule has 0 bridgehead atoms. The van der Waals surface area contributed by atoms with Crippen molar-refractivity contribution in [1.29, 1.82) is 0 Å². The van der Waals surface area contributed by atoms with Crippen LogP contribution in [0.25, 0.3) is 0 Å². The first kappa shape index (κ1) is 20.2. The van der Waals surface area contributed by atoms with Crippen molar-refractivity contribution < 1.29 is 9.47 Å². The minimum Gasteiger partial charge on any atom is -0.490 e. The van der Waals surface area contributed by atoms with Gasteiger partial charge in [-0.25, -0.2) is 0 Å². The topological polar surface area (TPSA) is 46.6 Å². The van der Waals surface area contributed by atoms with Gasteiger partial charge in [-0.05, 0) is 44.2 Å². The molecular formula is C24H33N3O2. The summed E-state index contributed by atoms with van der Waals surface area (Å²) in [6.07, 6.45) is 9.57. The van der Waals surface area contributed by atoms with Crippen LogP contribution in [0, 0.1) is 5.92 Å². The summed E-state index contributed by atoms with van der Waals surface area (Å²) in [6.45, 7) is 5.62. The minimum absolute atomic E-state index is 0.480. The van der Waals surface area contributed by atoms with E-state index in [1.165, 1.54) is 24.8 Å². The number of hydrogen-bond donors (Lipinski definition) is 1. The molecule has 3 heterocycles. The van der Waals surface area contributed by atoms with E-state index in [0.29, 0.717) is 12.0 Å². The van der Waals surface area contributed by atoms with Gasteiger partial charge < -0.3 is 19.7 Å². The van der Waals surface area contributed by atoms with Crippen LogP contribution >= 0.6 is 0 Å². The Morgan fingerprint density at radius 2 is 2.03 bits per heavy atom. The van der Waals surface area contributed by atoms with Crippen LogP contribution in [0.3, 0.4) is 0 Å². The smallest absolute Gasteiger partial charge is 0.139 e. The van der Waals surface area contributed by atoms with Crippen LogP contribution in [0.4, 0.5) is 5.69 Å². The van der Waals surface area contributed by atoms with E-state index in [1.54, 1.807) is 0 Å². The number of anilines is 1. The standard InChI is InChI=1S/C24H33N3O2/c1-2-6-20(7-3-1)8-5-13-28-18-21-10-12-27(17-21)23-14-24(16-25-15-23)29-19-22-9-4-11-26-22/h1-3,6-7,14-16,21-22,26H,4-5,8-13,17-19H2/t21-,22+/m1/s1. The number of hydrogen-bond acceptors (Lipinski definition) is 5. The van der Waals surface area contributed by atoms with Crippen molar-refractivity contribution >= 4 is 5.69 Å². The molecule has 2 saturated heterocycles. The van der Waals surface area contributed by atoms with Crippen molar-refractivity contribution in [3.05, 3.63) is 54.4 Å². The summed E-state index contributed by atoms with van der Waals surface area (Å²) in [5, 5.41) is 3.47. The number of nitrogens with zero attached hydrogens (tertiary/aromatic N) is 2. The summed E-state index contributed by atoms with van der Waals surface area (Å²) in [4.78, 5) is 6.80. The van der Waals surface area contributed by atoms with Gasteiger partial charge in [0.1, 0.15) is 12.4 Å². The van der Waals surface area contributed by atoms with Crippen LogP contribution in [-0.4, -0.2) is 50.5 Å². The third-order valence-corrected chi connectivity index (χ3v) is 5.91. The molecule has 0 unspecified atom stereocenters. The second kappa shape index (κ2) is 10.6. The van der Waals surface area contributed by atoms with Gasteiger partial charge in [0.15, 0.2) is 0 Å². The normalized spacial score (nSPS) is 21.6. The lowest BCUT2D eigenvalue weighted by molar-refractivity contribution is 0.104. The zero-order valence-electron chi connectivity index (χ0n) is 17.3. The van der Waals surface area contributed by atoms with Crippen LogP contribution in [0.1, 0.15) is 31.2 Å². The zero-order valence-corrected chi connectivity index (χ0v) is 17.3. The Morgan fingerprint density at radius 3 is 2.90 bits per heavy atom. The van der Waals surface area contributed by atoms with E-state index in [1.807, 2.05) is 12.4 Å². The van der Waals surface area contributed by atoms with Crippen molar-refractivity contribution in [2.75, 3.05) is 44.4 Å². The highest BCUT2D eigenvalue weighted by atomic mass is 16.5. The highest BCUT2D eigenvalue weighted by Crippen LogP contribution is 2.26. The number of pyridine rings is 1. The Bertz CT molecular complexity index is 734. The predicted molar refractivity (Wildman–Crippen MR) is 117 cm³/mol. The van der Waals surface area contributed by atoms with Gasteiger partial charge in [-0.3, -0.25) is 4.98 Å². The molecule has 0 saturated carbocycles. The molecule has 4 rings (SSSR count).